The van der Waals surface area contributed by atoms with E-state index >= 15 is 0 Å². The number of benzene rings is 1. The van der Waals surface area contributed by atoms with Gasteiger partial charge in [-0.15, -0.1) is 0 Å². The Morgan fingerprint density at radius 3 is 2.57 bits per heavy atom. The molecule has 2 aliphatic rings. The summed E-state index contributed by atoms with van der Waals surface area (Å²) in [6, 6.07) is 9.70. The van der Waals surface area contributed by atoms with E-state index < -0.39 is 0 Å². The number of hydrogen-bond acceptors (Lipinski definition) is 7. The Bertz CT molecular complexity index is 1050. The highest BCUT2D eigenvalue weighted by atomic mass is 16.5. The van der Waals surface area contributed by atoms with Crippen molar-refractivity contribution in [1.82, 2.24) is 20.0 Å². The molecule has 0 saturated carbocycles. The van der Waals surface area contributed by atoms with Gasteiger partial charge in [-0.2, -0.15) is 4.98 Å². The lowest BCUT2D eigenvalue weighted by atomic mass is 10.1. The molecule has 2 saturated heterocycles. The number of anilines is 2. The molecule has 0 bridgehead atoms. The van der Waals surface area contributed by atoms with Crippen molar-refractivity contribution in [2.45, 2.75) is 26.2 Å². The van der Waals surface area contributed by atoms with Gasteiger partial charge in [0.15, 0.2) is 5.58 Å². The molecule has 5 rings (SSSR count). The molecule has 4 heterocycles. The average molecular weight is 406 g/mol. The highest BCUT2D eigenvalue weighted by Crippen LogP contribution is 2.23. The Kier molecular flexibility index (Phi) is 4.98. The van der Waals surface area contributed by atoms with E-state index in [0.717, 1.165) is 54.6 Å². The number of aromatic nitrogens is 3. The van der Waals surface area contributed by atoms with Crippen molar-refractivity contribution in [1.29, 1.82) is 0 Å². The largest absolute Gasteiger partial charge is 0.356 e. The standard InChI is InChI=1S/C22H26N6O2/c1-16-14-20(24-22(23-16)28-8-4-5-9-28)26-10-12-27(13-11-26)21(29)15-18-17-6-2-3-7-19(17)30-25-18/h2-3,6-7,14H,4-5,8-13,15H2,1H3. The van der Waals surface area contributed by atoms with Crippen LogP contribution in [0.15, 0.2) is 34.9 Å². The number of aryl methyl sites for hydroxylation is 1. The number of amides is 1. The summed E-state index contributed by atoms with van der Waals surface area (Å²) in [5, 5.41) is 5.01. The summed E-state index contributed by atoms with van der Waals surface area (Å²) in [4.78, 5) is 28.7. The van der Waals surface area contributed by atoms with Gasteiger partial charge in [0.1, 0.15) is 11.5 Å². The van der Waals surface area contributed by atoms with Gasteiger partial charge in [-0.3, -0.25) is 4.79 Å². The Balaban J connectivity index is 1.23. The van der Waals surface area contributed by atoms with Gasteiger partial charge in [0.2, 0.25) is 11.9 Å². The summed E-state index contributed by atoms with van der Waals surface area (Å²) in [5.41, 5.74) is 2.41. The molecule has 2 fully saturated rings. The molecule has 0 aliphatic carbocycles. The Hall–Kier alpha value is -3.16. The predicted molar refractivity (Wildman–Crippen MR) is 115 cm³/mol. The maximum Gasteiger partial charge on any atom is 0.228 e. The minimum Gasteiger partial charge on any atom is -0.356 e. The molecule has 156 valence electrons. The smallest absolute Gasteiger partial charge is 0.228 e. The number of fused-ring (bicyclic) bond motifs is 1. The summed E-state index contributed by atoms with van der Waals surface area (Å²) in [6.45, 7) is 6.96. The van der Waals surface area contributed by atoms with E-state index in [2.05, 4.69) is 19.9 Å². The van der Waals surface area contributed by atoms with E-state index in [0.29, 0.717) is 18.8 Å². The van der Waals surface area contributed by atoms with E-state index in [1.165, 1.54) is 12.8 Å². The maximum atomic E-state index is 12.8. The van der Waals surface area contributed by atoms with Gasteiger partial charge in [0.25, 0.3) is 0 Å². The van der Waals surface area contributed by atoms with Gasteiger partial charge in [-0.05, 0) is 31.9 Å². The molecule has 2 aliphatic heterocycles. The molecule has 8 heteroatoms. The second kappa shape index (κ2) is 7.93. The predicted octanol–water partition coefficient (Wildman–Crippen LogP) is 2.42. The first-order valence-corrected chi connectivity index (χ1v) is 10.6. The van der Waals surface area contributed by atoms with Gasteiger partial charge < -0.3 is 19.2 Å². The third kappa shape index (κ3) is 3.69. The van der Waals surface area contributed by atoms with Crippen LogP contribution in [0.5, 0.6) is 0 Å². The minimum atomic E-state index is 0.0883. The molecular formula is C22H26N6O2. The van der Waals surface area contributed by atoms with E-state index in [1.54, 1.807) is 0 Å². The van der Waals surface area contributed by atoms with E-state index in [9.17, 15) is 4.79 Å². The summed E-state index contributed by atoms with van der Waals surface area (Å²) < 4.78 is 5.33. The summed E-state index contributed by atoms with van der Waals surface area (Å²) in [6.07, 6.45) is 2.67. The van der Waals surface area contributed by atoms with Crippen molar-refractivity contribution in [3.63, 3.8) is 0 Å². The zero-order valence-electron chi connectivity index (χ0n) is 17.3. The third-order valence-electron chi connectivity index (χ3n) is 5.94. The molecule has 2 aromatic heterocycles. The van der Waals surface area contributed by atoms with Gasteiger partial charge in [-0.25, -0.2) is 4.98 Å². The molecule has 0 unspecified atom stereocenters. The highest BCUT2D eigenvalue weighted by Gasteiger charge is 2.25. The normalized spacial score (nSPS) is 17.2. The van der Waals surface area contributed by atoms with Gasteiger partial charge in [-0.1, -0.05) is 17.3 Å². The summed E-state index contributed by atoms with van der Waals surface area (Å²) in [7, 11) is 0. The van der Waals surface area contributed by atoms with Crippen LogP contribution in [0.3, 0.4) is 0 Å². The second-order valence-corrected chi connectivity index (χ2v) is 8.03. The van der Waals surface area contributed by atoms with E-state index in [-0.39, 0.29) is 12.3 Å². The van der Waals surface area contributed by atoms with Crippen LogP contribution in [0.4, 0.5) is 11.8 Å². The second-order valence-electron chi connectivity index (χ2n) is 8.03. The van der Waals surface area contributed by atoms with Crippen LogP contribution in [-0.2, 0) is 11.2 Å². The Labute approximate surface area is 175 Å². The minimum absolute atomic E-state index is 0.0883. The summed E-state index contributed by atoms with van der Waals surface area (Å²) >= 11 is 0. The van der Waals surface area contributed by atoms with Crippen LogP contribution in [0.25, 0.3) is 11.0 Å². The van der Waals surface area contributed by atoms with Gasteiger partial charge in [0, 0.05) is 56.4 Å². The number of rotatable bonds is 4. The first-order valence-electron chi connectivity index (χ1n) is 10.6. The van der Waals surface area contributed by atoms with E-state index in [1.807, 2.05) is 42.2 Å². The maximum absolute atomic E-state index is 12.8. The number of carbonyl (C=O) groups excluding carboxylic acids is 1. The molecule has 0 radical (unpaired) electrons. The van der Waals surface area contributed by atoms with Crippen molar-refractivity contribution >= 4 is 28.6 Å². The van der Waals surface area contributed by atoms with Crippen LogP contribution < -0.4 is 9.80 Å². The first-order chi connectivity index (χ1) is 14.7. The topological polar surface area (TPSA) is 78.6 Å². The average Bonchev–Trinajstić information content (AvgIpc) is 3.44. The number of hydrogen-bond donors (Lipinski definition) is 0. The quantitative estimate of drug-likeness (QED) is 0.658. The van der Waals surface area contributed by atoms with Crippen LogP contribution in [0.2, 0.25) is 0 Å². The molecular weight excluding hydrogens is 380 g/mol. The van der Waals surface area contributed by atoms with Crippen molar-refractivity contribution < 1.29 is 9.32 Å². The highest BCUT2D eigenvalue weighted by molar-refractivity contribution is 5.86. The monoisotopic (exact) mass is 406 g/mol. The lowest BCUT2D eigenvalue weighted by molar-refractivity contribution is -0.130. The van der Waals surface area contributed by atoms with Crippen molar-refractivity contribution in [3.8, 4) is 0 Å². The first kappa shape index (κ1) is 18.8. The molecule has 1 amide bonds. The third-order valence-corrected chi connectivity index (χ3v) is 5.94. The van der Waals surface area contributed by atoms with Crippen LogP contribution in [0.1, 0.15) is 24.2 Å². The van der Waals surface area contributed by atoms with Crippen LogP contribution in [-0.4, -0.2) is 65.2 Å². The Morgan fingerprint density at radius 1 is 1.00 bits per heavy atom. The van der Waals surface area contributed by atoms with Crippen LogP contribution >= 0.6 is 0 Å². The van der Waals surface area contributed by atoms with Gasteiger partial charge >= 0.3 is 0 Å². The van der Waals surface area contributed by atoms with Crippen LogP contribution in [0, 0.1) is 6.92 Å². The number of nitrogens with zero attached hydrogens (tertiary/aromatic N) is 6. The zero-order valence-corrected chi connectivity index (χ0v) is 17.3. The summed E-state index contributed by atoms with van der Waals surface area (Å²) in [5.74, 6) is 1.88. The molecule has 0 N–H and O–H groups in total. The van der Waals surface area contributed by atoms with E-state index in [4.69, 9.17) is 9.51 Å². The lowest BCUT2D eigenvalue weighted by Crippen LogP contribution is -2.49. The Morgan fingerprint density at radius 2 is 1.77 bits per heavy atom. The molecule has 0 spiro atoms. The van der Waals surface area contributed by atoms with Crippen molar-refractivity contribution in [2.24, 2.45) is 0 Å². The molecule has 0 atom stereocenters. The van der Waals surface area contributed by atoms with Crippen molar-refractivity contribution in [2.75, 3.05) is 49.1 Å². The fourth-order valence-electron chi connectivity index (χ4n) is 4.26. The fraction of sp³-hybridized carbons (Fsp3) is 0.455. The zero-order chi connectivity index (χ0) is 20.5. The fourth-order valence-corrected chi connectivity index (χ4v) is 4.26. The van der Waals surface area contributed by atoms with Crippen molar-refractivity contribution in [3.05, 3.63) is 41.7 Å². The number of carbonyl (C=O) groups is 1. The lowest BCUT2D eigenvalue weighted by Gasteiger charge is -2.35. The molecule has 8 nitrogen and oxygen atoms in total. The molecule has 3 aromatic rings. The SMILES string of the molecule is Cc1cc(N2CCN(C(=O)Cc3noc4ccccc34)CC2)nc(N2CCCC2)n1. The van der Waals surface area contributed by atoms with Gasteiger partial charge in [0.05, 0.1) is 6.42 Å². The molecule has 1 aromatic carbocycles. The number of piperazine rings is 1. The number of para-hydroxylation sites is 1. The molecule has 30 heavy (non-hydrogen) atoms.